The molecule has 0 saturated heterocycles. The molecule has 2 aliphatic carbocycles. The lowest BCUT2D eigenvalue weighted by Crippen LogP contribution is -2.00. The number of aromatic nitrogens is 1. The third kappa shape index (κ3) is 3.96. The molecule has 4 aromatic carbocycles. The highest BCUT2D eigenvalue weighted by atomic mass is 32.1. The Kier molecular flexibility index (Phi) is 5.88. The van der Waals surface area contributed by atoms with Gasteiger partial charge in [0.2, 0.25) is 0 Å². The molecule has 0 amide bonds. The zero-order valence-electron chi connectivity index (χ0n) is 23.7. The topological polar surface area (TPSA) is 4.93 Å². The highest BCUT2D eigenvalue weighted by molar-refractivity contribution is 7.26. The summed E-state index contributed by atoms with van der Waals surface area (Å²) in [6.07, 6.45) is 13.9. The van der Waals surface area contributed by atoms with Crippen molar-refractivity contribution >= 4 is 59.3 Å². The number of thiophene rings is 2. The smallest absolute Gasteiger partial charge is 0.110 e. The normalized spacial score (nSPS) is 14.8. The molecule has 0 spiro atoms. The lowest BCUT2D eigenvalue weighted by atomic mass is 9.88. The molecule has 3 aromatic heterocycles. The van der Waals surface area contributed by atoms with Gasteiger partial charge in [0.05, 0.1) is 5.69 Å². The Hall–Kier alpha value is -4.44. The molecule has 0 unspecified atom stereocenters. The van der Waals surface area contributed by atoms with E-state index < -0.39 is 0 Å². The van der Waals surface area contributed by atoms with E-state index in [0.717, 1.165) is 25.7 Å². The van der Waals surface area contributed by atoms with Crippen molar-refractivity contribution in [3.8, 4) is 27.9 Å². The van der Waals surface area contributed by atoms with Gasteiger partial charge in [0.15, 0.2) is 0 Å². The quantitative estimate of drug-likeness (QED) is 0.193. The highest BCUT2D eigenvalue weighted by Gasteiger charge is 2.28. The van der Waals surface area contributed by atoms with Crippen molar-refractivity contribution in [2.75, 3.05) is 0 Å². The first-order chi connectivity index (χ1) is 21.3. The van der Waals surface area contributed by atoms with Crippen LogP contribution in [0.1, 0.15) is 29.7 Å². The van der Waals surface area contributed by atoms with Gasteiger partial charge in [-0.3, -0.25) is 4.57 Å². The third-order valence-corrected chi connectivity index (χ3v) is 11.4. The van der Waals surface area contributed by atoms with E-state index in [-0.39, 0.29) is 0 Å². The Balaban J connectivity index is 1.43. The van der Waals surface area contributed by atoms with E-state index in [9.17, 15) is 0 Å². The van der Waals surface area contributed by atoms with Crippen LogP contribution in [0.2, 0.25) is 0 Å². The molecule has 1 nitrogen and oxygen atoms in total. The molecule has 0 bridgehead atoms. The zero-order valence-corrected chi connectivity index (χ0v) is 25.3. The fourth-order valence-electron chi connectivity index (χ4n) is 7.05. The van der Waals surface area contributed by atoms with Crippen LogP contribution in [0.15, 0.2) is 133 Å². The van der Waals surface area contributed by atoms with Gasteiger partial charge in [-0.05, 0) is 65.7 Å². The fourth-order valence-corrected chi connectivity index (χ4v) is 9.62. The largest absolute Gasteiger partial charge is 0.291 e. The Bertz CT molecular complexity index is 2210. The van der Waals surface area contributed by atoms with Crippen LogP contribution in [-0.2, 0) is 6.42 Å². The number of rotatable bonds is 4. The molecule has 0 fully saturated rings. The molecule has 0 radical (unpaired) electrons. The second kappa shape index (κ2) is 10.1. The number of allylic oxidation sites excluding steroid dienone is 5. The Morgan fingerprint density at radius 1 is 0.581 bits per heavy atom. The number of fused-ring (bicyclic) bond motifs is 7. The number of benzene rings is 4. The molecule has 0 aliphatic heterocycles. The van der Waals surface area contributed by atoms with Gasteiger partial charge in [0, 0.05) is 36.9 Å². The second-order valence-electron chi connectivity index (χ2n) is 11.5. The van der Waals surface area contributed by atoms with Crippen LogP contribution in [0.3, 0.4) is 0 Å². The van der Waals surface area contributed by atoms with Gasteiger partial charge in [-0.1, -0.05) is 115 Å². The van der Waals surface area contributed by atoms with Gasteiger partial charge in [0.1, 0.15) is 9.66 Å². The van der Waals surface area contributed by atoms with Crippen LogP contribution in [0.5, 0.6) is 0 Å². The molecular weight excluding hydrogens is 559 g/mol. The van der Waals surface area contributed by atoms with E-state index in [1.807, 2.05) is 22.7 Å². The van der Waals surface area contributed by atoms with Gasteiger partial charge >= 0.3 is 0 Å². The SMILES string of the molecule is C1=CCCC(C2=Cc3c(sc4c3c3c5ccccc5sc3n4-c3c(-c4ccccc4)cccc3-c3ccccc3)CC2)=C1. The summed E-state index contributed by atoms with van der Waals surface area (Å²) in [5, 5.41) is 4.20. The number of aryl methyl sites for hydroxylation is 1. The maximum absolute atomic E-state index is 2.62. The number of hydrogen-bond donors (Lipinski definition) is 0. The van der Waals surface area contributed by atoms with Gasteiger partial charge in [-0.2, -0.15) is 0 Å². The van der Waals surface area contributed by atoms with Crippen molar-refractivity contribution in [3.05, 3.63) is 143 Å². The maximum Gasteiger partial charge on any atom is 0.110 e. The summed E-state index contributed by atoms with van der Waals surface area (Å²) in [4.78, 5) is 4.23. The first kappa shape index (κ1) is 25.1. The molecule has 3 heterocycles. The predicted octanol–water partition coefficient (Wildman–Crippen LogP) is 12.0. The van der Waals surface area contributed by atoms with Gasteiger partial charge in [-0.25, -0.2) is 0 Å². The van der Waals surface area contributed by atoms with E-state index in [2.05, 4.69) is 132 Å². The average Bonchev–Trinajstić information content (AvgIpc) is 3.72. The molecule has 0 N–H and O–H groups in total. The molecule has 0 atom stereocenters. The molecule has 7 aromatic rings. The average molecular weight is 588 g/mol. The number of nitrogens with zero attached hydrogens (tertiary/aromatic N) is 1. The molecular formula is C40H29NS2. The monoisotopic (exact) mass is 587 g/mol. The first-order valence-corrected chi connectivity index (χ1v) is 16.8. The summed E-state index contributed by atoms with van der Waals surface area (Å²) in [5.41, 5.74) is 10.8. The summed E-state index contributed by atoms with van der Waals surface area (Å²) < 4.78 is 3.97. The highest BCUT2D eigenvalue weighted by Crippen LogP contribution is 2.51. The summed E-state index contributed by atoms with van der Waals surface area (Å²) in [6, 6.07) is 37.6. The summed E-state index contributed by atoms with van der Waals surface area (Å²) >= 11 is 3.94. The molecule has 206 valence electrons. The lowest BCUT2D eigenvalue weighted by Gasteiger charge is -2.18. The van der Waals surface area contributed by atoms with E-state index in [4.69, 9.17) is 0 Å². The van der Waals surface area contributed by atoms with E-state index in [1.165, 1.54) is 80.0 Å². The molecule has 43 heavy (non-hydrogen) atoms. The Labute approximate surface area is 259 Å². The molecule has 2 aliphatic rings. The van der Waals surface area contributed by atoms with Crippen LogP contribution in [0.4, 0.5) is 0 Å². The van der Waals surface area contributed by atoms with E-state index >= 15 is 0 Å². The van der Waals surface area contributed by atoms with Crippen molar-refractivity contribution in [2.24, 2.45) is 0 Å². The van der Waals surface area contributed by atoms with Gasteiger partial charge in [0.25, 0.3) is 0 Å². The maximum atomic E-state index is 2.62. The van der Waals surface area contributed by atoms with Crippen molar-refractivity contribution in [1.29, 1.82) is 0 Å². The van der Waals surface area contributed by atoms with Crippen LogP contribution in [0, 0.1) is 0 Å². The van der Waals surface area contributed by atoms with E-state index in [1.54, 1.807) is 0 Å². The second-order valence-corrected chi connectivity index (χ2v) is 13.6. The minimum Gasteiger partial charge on any atom is -0.291 e. The Morgan fingerprint density at radius 2 is 1.28 bits per heavy atom. The fraction of sp³-hybridized carbons (Fsp3) is 0.100. The minimum atomic E-state index is 1.11. The summed E-state index contributed by atoms with van der Waals surface area (Å²) in [6.45, 7) is 0. The lowest BCUT2D eigenvalue weighted by molar-refractivity contribution is 0.895. The van der Waals surface area contributed by atoms with Gasteiger partial charge < -0.3 is 0 Å². The predicted molar refractivity (Wildman–Crippen MR) is 188 cm³/mol. The third-order valence-electron chi connectivity index (χ3n) is 9.03. The van der Waals surface area contributed by atoms with Gasteiger partial charge in [-0.15, -0.1) is 22.7 Å². The van der Waals surface area contributed by atoms with Crippen molar-refractivity contribution in [3.63, 3.8) is 0 Å². The molecule has 3 heteroatoms. The summed E-state index contributed by atoms with van der Waals surface area (Å²) in [7, 11) is 0. The van der Waals surface area contributed by atoms with Crippen LogP contribution in [0.25, 0.3) is 64.5 Å². The first-order valence-electron chi connectivity index (χ1n) is 15.1. The standard InChI is InChI=1S/C40H29NS2/c1-4-13-26(14-5-1)29-23-24-35-33(25-29)37-36-32-19-10-11-22-34(32)42-39(36)41(40(37)43-35)38-30(27-15-6-2-7-16-27)20-12-21-31(38)28-17-8-3-9-18-28/h1-4,6-13,15-22,25H,5,14,23-24H2. The minimum absolute atomic E-state index is 1.11. The zero-order chi connectivity index (χ0) is 28.3. The molecule has 0 saturated carbocycles. The van der Waals surface area contributed by atoms with Crippen LogP contribution >= 0.6 is 22.7 Å². The van der Waals surface area contributed by atoms with E-state index in [0.29, 0.717) is 0 Å². The van der Waals surface area contributed by atoms with Crippen molar-refractivity contribution in [1.82, 2.24) is 4.57 Å². The summed E-state index contributed by atoms with van der Waals surface area (Å²) in [5.74, 6) is 0. The molecule has 9 rings (SSSR count). The van der Waals surface area contributed by atoms with Crippen molar-refractivity contribution < 1.29 is 0 Å². The Morgan fingerprint density at radius 3 is 2.00 bits per heavy atom. The number of hydrogen-bond acceptors (Lipinski definition) is 2. The van der Waals surface area contributed by atoms with Crippen LogP contribution in [-0.4, -0.2) is 4.57 Å². The van der Waals surface area contributed by atoms with Crippen LogP contribution < -0.4 is 0 Å². The number of para-hydroxylation sites is 1. The van der Waals surface area contributed by atoms with Crippen molar-refractivity contribution in [2.45, 2.75) is 25.7 Å².